The first-order chi connectivity index (χ1) is 13.5. The monoisotopic (exact) mass is 379 g/mol. The van der Waals surface area contributed by atoms with Gasteiger partial charge in [0.1, 0.15) is 18.1 Å². The van der Waals surface area contributed by atoms with Gasteiger partial charge in [-0.1, -0.05) is 47.6 Å². The summed E-state index contributed by atoms with van der Waals surface area (Å²) in [4.78, 5) is 12.2. The summed E-state index contributed by atoms with van der Waals surface area (Å²) < 4.78 is 10.9. The number of carbonyl (C=O) groups excluding carboxylic acids is 1. The molecule has 1 atom stereocenters. The molecular formula is C22H25N3O3. The Morgan fingerprint density at radius 3 is 2.50 bits per heavy atom. The van der Waals surface area contributed by atoms with Crippen LogP contribution in [0.1, 0.15) is 34.2 Å². The summed E-state index contributed by atoms with van der Waals surface area (Å²) in [6, 6.07) is 17.0. The summed E-state index contributed by atoms with van der Waals surface area (Å²) in [6.45, 7) is 4.56. The van der Waals surface area contributed by atoms with Gasteiger partial charge in [0.2, 0.25) is 5.91 Å². The number of rotatable bonds is 8. The van der Waals surface area contributed by atoms with Gasteiger partial charge in [-0.05, 0) is 37.1 Å². The van der Waals surface area contributed by atoms with Gasteiger partial charge in [-0.25, -0.2) is 0 Å². The van der Waals surface area contributed by atoms with E-state index in [-0.39, 0.29) is 11.9 Å². The smallest absolute Gasteiger partial charge is 0.224 e. The van der Waals surface area contributed by atoms with E-state index < -0.39 is 0 Å². The van der Waals surface area contributed by atoms with Gasteiger partial charge in [0.25, 0.3) is 0 Å². The minimum absolute atomic E-state index is 0.0595. The molecule has 0 fully saturated rings. The van der Waals surface area contributed by atoms with E-state index in [0.717, 1.165) is 33.9 Å². The molecule has 0 bridgehead atoms. The zero-order valence-electron chi connectivity index (χ0n) is 16.1. The molecule has 0 radical (unpaired) electrons. The van der Waals surface area contributed by atoms with Crippen molar-refractivity contribution in [1.82, 2.24) is 10.5 Å². The second-order valence-corrected chi connectivity index (χ2v) is 6.73. The lowest BCUT2D eigenvalue weighted by atomic mass is 10.1. The van der Waals surface area contributed by atoms with E-state index in [1.165, 1.54) is 0 Å². The molecule has 1 heterocycles. The van der Waals surface area contributed by atoms with Gasteiger partial charge in [0.15, 0.2) is 0 Å². The highest BCUT2D eigenvalue weighted by atomic mass is 16.5. The maximum Gasteiger partial charge on any atom is 0.224 e. The second-order valence-electron chi connectivity index (χ2n) is 6.73. The molecule has 6 heteroatoms. The normalized spacial score (nSPS) is 11.8. The Balaban J connectivity index is 1.46. The number of nitrogens with one attached hydrogen (secondary N) is 1. The lowest BCUT2D eigenvalue weighted by molar-refractivity contribution is -0.120. The van der Waals surface area contributed by atoms with Crippen molar-refractivity contribution in [3.8, 4) is 5.75 Å². The highest BCUT2D eigenvalue weighted by molar-refractivity contribution is 5.78. The minimum Gasteiger partial charge on any atom is -0.489 e. The summed E-state index contributed by atoms with van der Waals surface area (Å²) in [5.41, 5.74) is 9.81. The molecule has 3 rings (SSSR count). The quantitative estimate of drug-likeness (QED) is 0.627. The maximum atomic E-state index is 12.2. The average Bonchev–Trinajstić information content (AvgIpc) is 3.04. The fourth-order valence-corrected chi connectivity index (χ4v) is 2.86. The topological polar surface area (TPSA) is 90.4 Å². The number of nitrogens with two attached hydrogens (primary N) is 1. The van der Waals surface area contributed by atoms with Gasteiger partial charge >= 0.3 is 0 Å². The van der Waals surface area contributed by atoms with E-state index in [9.17, 15) is 4.79 Å². The molecular weight excluding hydrogens is 354 g/mol. The Labute approximate surface area is 164 Å². The van der Waals surface area contributed by atoms with Crippen LogP contribution in [0.2, 0.25) is 0 Å². The molecule has 1 unspecified atom stereocenters. The molecule has 0 aliphatic carbocycles. The number of aryl methyl sites for hydroxylation is 2. The first-order valence-electron chi connectivity index (χ1n) is 9.23. The van der Waals surface area contributed by atoms with Gasteiger partial charge in [-0.15, -0.1) is 0 Å². The van der Waals surface area contributed by atoms with E-state index in [0.29, 0.717) is 19.6 Å². The third-order valence-corrected chi connectivity index (χ3v) is 4.60. The molecule has 1 aromatic heterocycles. The third-order valence-electron chi connectivity index (χ3n) is 4.60. The van der Waals surface area contributed by atoms with Gasteiger partial charge in [0, 0.05) is 12.6 Å². The van der Waals surface area contributed by atoms with Gasteiger partial charge in [0.05, 0.1) is 17.7 Å². The minimum atomic E-state index is -0.217. The standard InChI is InChI=1S/C22H25N3O3/c1-15-20(16(2)28-25-15)14-27-19-10-8-17(9-11-19)12-22(26)24-13-21(23)18-6-4-3-5-7-18/h3-11,21H,12-14,23H2,1-2H3,(H,24,26). The first-order valence-corrected chi connectivity index (χ1v) is 9.23. The van der Waals surface area contributed by atoms with Gasteiger partial charge in [-0.2, -0.15) is 0 Å². The summed E-state index contributed by atoms with van der Waals surface area (Å²) in [7, 11) is 0. The predicted molar refractivity (Wildman–Crippen MR) is 107 cm³/mol. The predicted octanol–water partition coefficient (Wildman–Crippen LogP) is 3.23. The zero-order chi connectivity index (χ0) is 19.9. The van der Waals surface area contributed by atoms with Crippen molar-refractivity contribution in [3.05, 3.63) is 82.7 Å². The SMILES string of the molecule is Cc1noc(C)c1COc1ccc(CC(=O)NCC(N)c2ccccc2)cc1. The molecule has 0 aliphatic heterocycles. The highest BCUT2D eigenvalue weighted by Crippen LogP contribution is 2.18. The van der Waals surface area contributed by atoms with E-state index in [2.05, 4.69) is 10.5 Å². The number of benzene rings is 2. The molecule has 0 aliphatic rings. The van der Waals surface area contributed by atoms with Crippen LogP contribution in [-0.2, 0) is 17.8 Å². The number of nitrogens with zero attached hydrogens (tertiary/aromatic N) is 1. The summed E-state index contributed by atoms with van der Waals surface area (Å²) in [5, 5.41) is 6.80. The number of carbonyl (C=O) groups is 1. The van der Waals surface area contributed by atoms with Crippen LogP contribution in [-0.4, -0.2) is 17.6 Å². The first kappa shape index (κ1) is 19.6. The van der Waals surface area contributed by atoms with Crippen LogP contribution in [0.4, 0.5) is 0 Å². The number of aromatic nitrogens is 1. The highest BCUT2D eigenvalue weighted by Gasteiger charge is 2.11. The van der Waals surface area contributed by atoms with E-state index >= 15 is 0 Å². The molecule has 0 spiro atoms. The van der Waals surface area contributed by atoms with Crippen LogP contribution in [0, 0.1) is 13.8 Å². The fourth-order valence-electron chi connectivity index (χ4n) is 2.86. The Bertz CT molecular complexity index is 885. The van der Waals surface area contributed by atoms with Crippen LogP contribution in [0.25, 0.3) is 0 Å². The molecule has 3 N–H and O–H groups in total. The number of hydrogen-bond donors (Lipinski definition) is 2. The van der Waals surface area contributed by atoms with Crippen LogP contribution < -0.4 is 15.8 Å². The fraction of sp³-hybridized carbons (Fsp3) is 0.273. The molecule has 3 aromatic rings. The van der Waals surface area contributed by atoms with Crippen LogP contribution in [0.3, 0.4) is 0 Å². The lowest BCUT2D eigenvalue weighted by Gasteiger charge is -2.13. The number of hydrogen-bond acceptors (Lipinski definition) is 5. The summed E-state index contributed by atoms with van der Waals surface area (Å²) in [5.74, 6) is 1.44. The zero-order valence-corrected chi connectivity index (χ0v) is 16.1. The van der Waals surface area contributed by atoms with Crippen molar-refractivity contribution < 1.29 is 14.1 Å². The maximum absolute atomic E-state index is 12.2. The number of ether oxygens (including phenoxy) is 1. The lowest BCUT2D eigenvalue weighted by Crippen LogP contribution is -2.32. The molecule has 28 heavy (non-hydrogen) atoms. The molecule has 6 nitrogen and oxygen atoms in total. The van der Waals surface area contributed by atoms with Crippen molar-refractivity contribution in [3.63, 3.8) is 0 Å². The molecule has 1 amide bonds. The van der Waals surface area contributed by atoms with Gasteiger partial charge < -0.3 is 20.3 Å². The molecule has 0 saturated carbocycles. The Morgan fingerprint density at radius 2 is 1.86 bits per heavy atom. The Morgan fingerprint density at radius 1 is 1.14 bits per heavy atom. The van der Waals surface area contributed by atoms with Crippen molar-refractivity contribution in [2.75, 3.05) is 6.54 Å². The largest absolute Gasteiger partial charge is 0.489 e. The third kappa shape index (κ3) is 5.20. The van der Waals surface area contributed by atoms with Crippen molar-refractivity contribution in [2.24, 2.45) is 5.73 Å². The Hall–Kier alpha value is -3.12. The van der Waals surface area contributed by atoms with Crippen molar-refractivity contribution >= 4 is 5.91 Å². The second kappa shape index (κ2) is 9.19. The van der Waals surface area contributed by atoms with Crippen molar-refractivity contribution in [2.45, 2.75) is 32.9 Å². The average molecular weight is 379 g/mol. The molecule has 2 aromatic carbocycles. The van der Waals surface area contributed by atoms with Crippen LogP contribution >= 0.6 is 0 Å². The van der Waals surface area contributed by atoms with Crippen LogP contribution in [0.5, 0.6) is 5.75 Å². The summed E-state index contributed by atoms with van der Waals surface area (Å²) in [6.07, 6.45) is 0.297. The number of amides is 1. The summed E-state index contributed by atoms with van der Waals surface area (Å²) >= 11 is 0. The van der Waals surface area contributed by atoms with E-state index in [4.69, 9.17) is 15.0 Å². The molecule has 146 valence electrons. The van der Waals surface area contributed by atoms with E-state index in [1.54, 1.807) is 0 Å². The Kier molecular flexibility index (Phi) is 6.45. The van der Waals surface area contributed by atoms with Gasteiger partial charge in [-0.3, -0.25) is 4.79 Å². The van der Waals surface area contributed by atoms with Crippen molar-refractivity contribution in [1.29, 1.82) is 0 Å². The molecule has 0 saturated heterocycles. The van der Waals surface area contributed by atoms with Crippen LogP contribution in [0.15, 0.2) is 59.1 Å². The van der Waals surface area contributed by atoms with E-state index in [1.807, 2.05) is 68.4 Å².